The van der Waals surface area contributed by atoms with E-state index in [2.05, 4.69) is 21.3 Å². The summed E-state index contributed by atoms with van der Waals surface area (Å²) in [7, 11) is 0. The zero-order chi connectivity index (χ0) is 51.9. The lowest BCUT2D eigenvalue weighted by molar-refractivity contribution is 0.104. The van der Waals surface area contributed by atoms with Gasteiger partial charge in [-0.2, -0.15) is 0 Å². The third-order valence-corrected chi connectivity index (χ3v) is 12.2. The fourth-order valence-electron chi connectivity index (χ4n) is 8.47. The molecule has 4 unspecified atom stereocenters. The Morgan fingerprint density at radius 3 is 0.907 bits per heavy atom. The van der Waals surface area contributed by atoms with E-state index in [9.17, 15) is 20.4 Å². The second-order valence-electron chi connectivity index (χ2n) is 18.3. The normalized spacial score (nSPS) is 13.1. The Morgan fingerprint density at radius 1 is 0.320 bits per heavy atom. The second-order valence-corrected chi connectivity index (χ2v) is 18.3. The Kier molecular flexibility index (Phi) is 21.0. The summed E-state index contributed by atoms with van der Waals surface area (Å²) in [5.41, 5.74) is 5.19. The van der Waals surface area contributed by atoms with Gasteiger partial charge in [-0.05, 0) is 94.0 Å². The van der Waals surface area contributed by atoms with Crippen molar-refractivity contribution in [2.75, 3.05) is 52.6 Å². The molecule has 4 aromatic heterocycles. The average molecular weight is 1030 g/mol. The Morgan fingerprint density at radius 2 is 0.600 bits per heavy atom. The highest BCUT2D eigenvalue weighted by Crippen LogP contribution is 2.36. The minimum absolute atomic E-state index is 0.00334. The molecule has 4 aromatic carbocycles. The topological polar surface area (TPSA) is 219 Å². The summed E-state index contributed by atoms with van der Waals surface area (Å²) in [6, 6.07) is 42.3. The molecule has 4 atom stereocenters. The Bertz CT molecular complexity index is 2630. The molecule has 0 saturated carbocycles. The SMILES string of the molecule is OC(CNCc1ccco1)COc1ccccc1Cc1cccc(Cc2cccc(Cc3ccccc3OCC(O)CNCc3ccco3)c2OCC(O)CNCc2ccco2)c1OCC(O)CNCc1ccco1. The first-order chi connectivity index (χ1) is 36.8. The number of para-hydroxylation sites is 4. The third kappa shape index (κ3) is 17.5. The van der Waals surface area contributed by atoms with E-state index in [4.69, 9.17) is 36.6 Å². The molecule has 8 aromatic rings. The summed E-state index contributed by atoms with van der Waals surface area (Å²) in [6.07, 6.45) is 4.42. The summed E-state index contributed by atoms with van der Waals surface area (Å²) < 4.78 is 47.5. The molecule has 0 aliphatic carbocycles. The molecular weight excluding hydrogens is 957 g/mol. The molecule has 0 spiro atoms. The lowest BCUT2D eigenvalue weighted by atomic mass is 9.94. The molecule has 0 radical (unpaired) electrons. The van der Waals surface area contributed by atoms with Gasteiger partial charge in [0, 0.05) is 45.4 Å². The largest absolute Gasteiger partial charge is 0.491 e. The lowest BCUT2D eigenvalue weighted by Crippen LogP contribution is -2.31. The maximum atomic E-state index is 11.2. The first-order valence-corrected chi connectivity index (χ1v) is 25.4. The summed E-state index contributed by atoms with van der Waals surface area (Å²) in [4.78, 5) is 0. The summed E-state index contributed by atoms with van der Waals surface area (Å²) in [5.74, 6) is 5.53. The Labute approximate surface area is 437 Å². The molecule has 0 bridgehead atoms. The van der Waals surface area contributed by atoms with Crippen LogP contribution in [0.4, 0.5) is 0 Å². The standard InChI is InChI=1S/C59H68N4O12/c64-48(30-60-34-52-17-7-23-68-52)38-72-56-21-3-1-11-42(56)27-44-13-5-15-46(58(44)74-40-50(66)32-62-36-54-19-9-25-70-54)29-47-16-6-14-45(59(47)75-41-51(67)33-63-37-55-20-10-26-71-55)28-43-12-2-4-22-57(43)73-39-49(65)31-61-35-53-18-8-24-69-53/h1-26,48-51,60-67H,27-41H2. The average Bonchev–Trinajstić information content (AvgIpc) is 4.30. The highest BCUT2D eigenvalue weighted by atomic mass is 16.5. The van der Waals surface area contributed by atoms with Crippen molar-refractivity contribution in [2.24, 2.45) is 0 Å². The van der Waals surface area contributed by atoms with E-state index < -0.39 is 24.4 Å². The van der Waals surface area contributed by atoms with Gasteiger partial charge in [0.15, 0.2) is 0 Å². The van der Waals surface area contributed by atoms with Crippen molar-refractivity contribution in [3.8, 4) is 23.0 Å². The molecular formula is C59H68N4O12. The van der Waals surface area contributed by atoms with Crippen molar-refractivity contribution in [2.45, 2.75) is 69.9 Å². The van der Waals surface area contributed by atoms with Gasteiger partial charge in [0.2, 0.25) is 0 Å². The van der Waals surface area contributed by atoms with Gasteiger partial charge < -0.3 is 78.3 Å². The van der Waals surface area contributed by atoms with Gasteiger partial charge in [0.25, 0.3) is 0 Å². The number of aliphatic hydroxyl groups excluding tert-OH is 4. The van der Waals surface area contributed by atoms with Crippen LogP contribution in [0.1, 0.15) is 56.4 Å². The Hall–Kier alpha value is -7.12. The number of rotatable bonds is 34. The van der Waals surface area contributed by atoms with Crippen LogP contribution >= 0.6 is 0 Å². The van der Waals surface area contributed by atoms with Crippen LogP contribution in [-0.4, -0.2) is 97.4 Å². The summed E-state index contributed by atoms with van der Waals surface area (Å²) >= 11 is 0. The van der Waals surface area contributed by atoms with E-state index in [-0.39, 0.29) is 39.5 Å². The van der Waals surface area contributed by atoms with E-state index in [0.717, 1.165) is 56.4 Å². The molecule has 75 heavy (non-hydrogen) atoms. The molecule has 8 N–H and O–H groups in total. The number of benzene rings is 4. The van der Waals surface area contributed by atoms with E-state index in [1.54, 1.807) is 25.1 Å². The number of ether oxygens (including phenoxy) is 4. The van der Waals surface area contributed by atoms with Gasteiger partial charge in [0.1, 0.15) is 96.9 Å². The van der Waals surface area contributed by atoms with Gasteiger partial charge in [-0.3, -0.25) is 0 Å². The molecule has 0 aliphatic rings. The smallest absolute Gasteiger partial charge is 0.126 e. The van der Waals surface area contributed by atoms with Crippen molar-refractivity contribution >= 4 is 0 Å². The lowest BCUT2D eigenvalue weighted by Gasteiger charge is -2.22. The maximum Gasteiger partial charge on any atom is 0.126 e. The molecule has 4 heterocycles. The van der Waals surface area contributed by atoms with Crippen LogP contribution in [0.15, 0.2) is 176 Å². The van der Waals surface area contributed by atoms with Gasteiger partial charge in [-0.25, -0.2) is 0 Å². The number of furan rings is 4. The second kappa shape index (κ2) is 29.1. The predicted molar refractivity (Wildman–Crippen MR) is 282 cm³/mol. The van der Waals surface area contributed by atoms with E-state index in [1.807, 2.05) is 133 Å². The van der Waals surface area contributed by atoms with Crippen LogP contribution < -0.4 is 40.2 Å². The van der Waals surface area contributed by atoms with Crippen LogP contribution in [0.25, 0.3) is 0 Å². The first kappa shape index (κ1) is 54.2. The number of aliphatic hydroxyl groups is 4. The fraction of sp³-hybridized carbons (Fsp3) is 0.322. The quantitative estimate of drug-likeness (QED) is 0.0205. The van der Waals surface area contributed by atoms with Crippen molar-refractivity contribution in [1.29, 1.82) is 0 Å². The van der Waals surface area contributed by atoms with Gasteiger partial charge in [-0.15, -0.1) is 0 Å². The molecule has 0 fully saturated rings. The molecule has 16 nitrogen and oxygen atoms in total. The van der Waals surface area contributed by atoms with E-state index in [1.165, 1.54) is 0 Å². The van der Waals surface area contributed by atoms with Crippen LogP contribution in [0, 0.1) is 0 Å². The number of hydrogen-bond donors (Lipinski definition) is 8. The Balaban J connectivity index is 1.03. The highest BCUT2D eigenvalue weighted by Gasteiger charge is 2.21. The molecule has 8 rings (SSSR count). The maximum absolute atomic E-state index is 11.2. The van der Waals surface area contributed by atoms with Crippen molar-refractivity contribution in [3.63, 3.8) is 0 Å². The minimum atomic E-state index is -0.856. The van der Waals surface area contributed by atoms with Crippen LogP contribution in [0.2, 0.25) is 0 Å². The van der Waals surface area contributed by atoms with E-state index >= 15 is 0 Å². The number of hydrogen-bond acceptors (Lipinski definition) is 16. The van der Waals surface area contributed by atoms with Crippen molar-refractivity contribution < 1.29 is 57.0 Å². The molecule has 0 aliphatic heterocycles. The first-order valence-electron chi connectivity index (χ1n) is 25.4. The molecule has 0 saturated heterocycles. The van der Waals surface area contributed by atoms with Crippen LogP contribution in [-0.2, 0) is 45.4 Å². The minimum Gasteiger partial charge on any atom is -0.491 e. The van der Waals surface area contributed by atoms with E-state index in [0.29, 0.717) is 81.5 Å². The van der Waals surface area contributed by atoms with Crippen LogP contribution in [0.3, 0.4) is 0 Å². The highest BCUT2D eigenvalue weighted by molar-refractivity contribution is 5.52. The van der Waals surface area contributed by atoms with Gasteiger partial charge in [-0.1, -0.05) is 72.8 Å². The van der Waals surface area contributed by atoms with Crippen molar-refractivity contribution in [3.05, 3.63) is 215 Å². The predicted octanol–water partition coefficient (Wildman–Crippen LogP) is 6.95. The zero-order valence-electron chi connectivity index (χ0n) is 42.0. The number of nitrogens with one attached hydrogen (secondary N) is 4. The third-order valence-electron chi connectivity index (χ3n) is 12.2. The summed E-state index contributed by atoms with van der Waals surface area (Å²) in [5, 5.41) is 57.1. The van der Waals surface area contributed by atoms with Gasteiger partial charge in [0.05, 0.1) is 51.2 Å². The van der Waals surface area contributed by atoms with Gasteiger partial charge >= 0.3 is 0 Å². The zero-order valence-corrected chi connectivity index (χ0v) is 42.0. The fourth-order valence-corrected chi connectivity index (χ4v) is 8.47. The summed E-state index contributed by atoms with van der Waals surface area (Å²) in [6.45, 7) is 3.16. The monoisotopic (exact) mass is 1020 g/mol. The molecule has 396 valence electrons. The van der Waals surface area contributed by atoms with Crippen LogP contribution in [0.5, 0.6) is 23.0 Å². The van der Waals surface area contributed by atoms with Crippen molar-refractivity contribution in [1.82, 2.24) is 21.3 Å². The molecule has 16 heteroatoms. The molecule has 0 amide bonds.